The lowest BCUT2D eigenvalue weighted by Gasteiger charge is -2.25. The average Bonchev–Trinajstić information content (AvgIpc) is 2.71. The van der Waals surface area contributed by atoms with Crippen LogP contribution in [0.1, 0.15) is 48.3 Å². The summed E-state index contributed by atoms with van der Waals surface area (Å²) in [6.07, 6.45) is 0. The standard InChI is InChI=1S/C23H30N2O4/c1-14(2)21(25-22(26)18-10-8-7-9-15(18)3)23(27)24-16(4)19-12-11-17(28-5)13-20(19)29-6/h7-14,16,21H,1-6H3,(H,24,27)(H,25,26). The maximum absolute atomic E-state index is 13.0. The monoisotopic (exact) mass is 398 g/mol. The van der Waals surface area contributed by atoms with Gasteiger partial charge in [0.15, 0.2) is 0 Å². The first kappa shape index (κ1) is 22.3. The van der Waals surface area contributed by atoms with Crippen molar-refractivity contribution in [2.75, 3.05) is 14.2 Å². The van der Waals surface area contributed by atoms with Crippen molar-refractivity contribution in [3.8, 4) is 11.5 Å². The van der Waals surface area contributed by atoms with E-state index in [1.165, 1.54) is 0 Å². The van der Waals surface area contributed by atoms with Crippen LogP contribution in [0.5, 0.6) is 11.5 Å². The lowest BCUT2D eigenvalue weighted by molar-refractivity contribution is -0.124. The molecule has 0 aromatic heterocycles. The lowest BCUT2D eigenvalue weighted by Crippen LogP contribution is -2.50. The van der Waals surface area contributed by atoms with Crippen molar-refractivity contribution in [2.45, 2.75) is 39.8 Å². The summed E-state index contributed by atoms with van der Waals surface area (Å²) in [6.45, 7) is 7.56. The third kappa shape index (κ3) is 5.50. The summed E-state index contributed by atoms with van der Waals surface area (Å²) in [7, 11) is 3.16. The van der Waals surface area contributed by atoms with Crippen molar-refractivity contribution in [3.05, 3.63) is 59.2 Å². The molecule has 0 spiro atoms. The summed E-state index contributed by atoms with van der Waals surface area (Å²) >= 11 is 0. The van der Waals surface area contributed by atoms with Crippen molar-refractivity contribution >= 4 is 11.8 Å². The molecule has 0 heterocycles. The number of benzene rings is 2. The van der Waals surface area contributed by atoms with E-state index in [0.717, 1.165) is 11.1 Å². The molecule has 0 fully saturated rings. The Morgan fingerprint density at radius 2 is 1.62 bits per heavy atom. The van der Waals surface area contributed by atoms with Crippen LogP contribution in [-0.2, 0) is 4.79 Å². The first-order valence-corrected chi connectivity index (χ1v) is 9.67. The van der Waals surface area contributed by atoms with Gasteiger partial charge in [-0.05, 0) is 43.5 Å². The van der Waals surface area contributed by atoms with Crippen LogP contribution in [0, 0.1) is 12.8 Å². The minimum atomic E-state index is -0.659. The molecule has 0 bridgehead atoms. The van der Waals surface area contributed by atoms with Gasteiger partial charge in [-0.15, -0.1) is 0 Å². The Labute approximate surface area is 172 Å². The number of carbonyl (C=O) groups excluding carboxylic acids is 2. The summed E-state index contributed by atoms with van der Waals surface area (Å²) in [5.41, 5.74) is 2.26. The third-order valence-corrected chi connectivity index (χ3v) is 4.89. The topological polar surface area (TPSA) is 76.7 Å². The second kappa shape index (κ2) is 9.96. The zero-order valence-electron chi connectivity index (χ0n) is 17.9. The Morgan fingerprint density at radius 1 is 0.931 bits per heavy atom. The van der Waals surface area contributed by atoms with Gasteiger partial charge in [0.2, 0.25) is 5.91 Å². The van der Waals surface area contributed by atoms with Crippen LogP contribution in [0.15, 0.2) is 42.5 Å². The van der Waals surface area contributed by atoms with E-state index in [0.29, 0.717) is 17.1 Å². The summed E-state index contributed by atoms with van der Waals surface area (Å²) in [4.78, 5) is 25.6. The molecule has 0 aliphatic carbocycles. The molecule has 0 radical (unpaired) electrons. The van der Waals surface area contributed by atoms with Crippen LogP contribution in [0.25, 0.3) is 0 Å². The molecule has 0 aliphatic heterocycles. The second-order valence-electron chi connectivity index (χ2n) is 7.35. The second-order valence-corrected chi connectivity index (χ2v) is 7.35. The molecule has 2 aromatic carbocycles. The highest BCUT2D eigenvalue weighted by Crippen LogP contribution is 2.29. The van der Waals surface area contributed by atoms with E-state index in [2.05, 4.69) is 10.6 Å². The normalized spacial score (nSPS) is 12.8. The Bertz CT molecular complexity index is 864. The van der Waals surface area contributed by atoms with E-state index in [-0.39, 0.29) is 23.8 Å². The molecule has 2 atom stereocenters. The molecule has 156 valence electrons. The van der Waals surface area contributed by atoms with Crippen molar-refractivity contribution in [1.29, 1.82) is 0 Å². The Kier molecular flexibility index (Phi) is 7.65. The number of hydrogen-bond acceptors (Lipinski definition) is 4. The third-order valence-electron chi connectivity index (χ3n) is 4.89. The zero-order valence-corrected chi connectivity index (χ0v) is 17.9. The number of ether oxygens (including phenoxy) is 2. The maximum Gasteiger partial charge on any atom is 0.252 e. The molecular formula is C23H30N2O4. The molecule has 2 N–H and O–H groups in total. The number of nitrogens with one attached hydrogen (secondary N) is 2. The number of methoxy groups -OCH3 is 2. The molecule has 2 rings (SSSR count). The number of aryl methyl sites for hydroxylation is 1. The Morgan fingerprint density at radius 3 is 2.21 bits per heavy atom. The van der Waals surface area contributed by atoms with Crippen LogP contribution in [0.4, 0.5) is 0 Å². The highest BCUT2D eigenvalue weighted by Gasteiger charge is 2.27. The fourth-order valence-corrected chi connectivity index (χ4v) is 3.14. The van der Waals surface area contributed by atoms with Gasteiger partial charge in [-0.25, -0.2) is 0 Å². The number of hydrogen-bond donors (Lipinski definition) is 2. The molecule has 6 heteroatoms. The van der Waals surface area contributed by atoms with Gasteiger partial charge in [-0.1, -0.05) is 32.0 Å². The molecule has 2 unspecified atom stereocenters. The highest BCUT2D eigenvalue weighted by molar-refractivity contribution is 5.98. The smallest absolute Gasteiger partial charge is 0.252 e. The summed E-state index contributed by atoms with van der Waals surface area (Å²) in [5, 5.41) is 5.86. The molecule has 0 saturated heterocycles. The summed E-state index contributed by atoms with van der Waals surface area (Å²) in [6, 6.07) is 11.8. The molecular weight excluding hydrogens is 368 g/mol. The van der Waals surface area contributed by atoms with Gasteiger partial charge in [0.25, 0.3) is 5.91 Å². The Hall–Kier alpha value is -3.02. The molecule has 0 aliphatic rings. The van der Waals surface area contributed by atoms with E-state index in [1.807, 2.05) is 58.0 Å². The lowest BCUT2D eigenvalue weighted by atomic mass is 10.0. The quantitative estimate of drug-likeness (QED) is 0.712. The van der Waals surface area contributed by atoms with Crippen molar-refractivity contribution < 1.29 is 19.1 Å². The van der Waals surface area contributed by atoms with Crippen LogP contribution < -0.4 is 20.1 Å². The predicted molar refractivity (Wildman–Crippen MR) is 113 cm³/mol. The van der Waals surface area contributed by atoms with E-state index in [4.69, 9.17) is 9.47 Å². The van der Waals surface area contributed by atoms with Crippen LogP contribution in [0.2, 0.25) is 0 Å². The fraction of sp³-hybridized carbons (Fsp3) is 0.391. The largest absolute Gasteiger partial charge is 0.497 e. The van der Waals surface area contributed by atoms with Gasteiger partial charge in [0.1, 0.15) is 17.5 Å². The van der Waals surface area contributed by atoms with Crippen molar-refractivity contribution in [2.24, 2.45) is 5.92 Å². The van der Waals surface area contributed by atoms with Gasteiger partial charge in [-0.3, -0.25) is 9.59 Å². The zero-order chi connectivity index (χ0) is 21.6. The molecule has 0 saturated carbocycles. The molecule has 29 heavy (non-hydrogen) atoms. The predicted octanol–water partition coefficient (Wildman–Crippen LogP) is 3.64. The summed E-state index contributed by atoms with van der Waals surface area (Å²) < 4.78 is 10.7. The van der Waals surface area contributed by atoms with Gasteiger partial charge < -0.3 is 20.1 Å². The molecule has 2 amide bonds. The van der Waals surface area contributed by atoms with E-state index < -0.39 is 6.04 Å². The van der Waals surface area contributed by atoms with Gasteiger partial charge >= 0.3 is 0 Å². The van der Waals surface area contributed by atoms with Crippen LogP contribution >= 0.6 is 0 Å². The van der Waals surface area contributed by atoms with Crippen molar-refractivity contribution in [1.82, 2.24) is 10.6 Å². The number of amides is 2. The van der Waals surface area contributed by atoms with Gasteiger partial charge in [-0.2, -0.15) is 0 Å². The summed E-state index contributed by atoms with van der Waals surface area (Å²) in [5.74, 6) is 0.726. The molecule has 6 nitrogen and oxygen atoms in total. The molecule has 2 aromatic rings. The van der Waals surface area contributed by atoms with Gasteiger partial charge in [0, 0.05) is 17.2 Å². The average molecular weight is 399 g/mol. The minimum absolute atomic E-state index is 0.0760. The van der Waals surface area contributed by atoms with E-state index >= 15 is 0 Å². The number of rotatable bonds is 8. The first-order valence-electron chi connectivity index (χ1n) is 9.67. The van der Waals surface area contributed by atoms with E-state index in [1.54, 1.807) is 26.4 Å². The fourth-order valence-electron chi connectivity index (χ4n) is 3.14. The minimum Gasteiger partial charge on any atom is -0.497 e. The van der Waals surface area contributed by atoms with Crippen LogP contribution in [0.3, 0.4) is 0 Å². The SMILES string of the molecule is COc1ccc(C(C)NC(=O)C(NC(=O)c2ccccc2C)C(C)C)c(OC)c1. The Balaban J connectivity index is 2.15. The van der Waals surface area contributed by atoms with Crippen LogP contribution in [-0.4, -0.2) is 32.1 Å². The van der Waals surface area contributed by atoms with Gasteiger partial charge in [0.05, 0.1) is 20.3 Å². The maximum atomic E-state index is 13.0. The van der Waals surface area contributed by atoms with Crippen molar-refractivity contribution in [3.63, 3.8) is 0 Å². The first-order chi connectivity index (χ1) is 13.8. The van der Waals surface area contributed by atoms with E-state index in [9.17, 15) is 9.59 Å². The number of carbonyl (C=O) groups is 2. The highest BCUT2D eigenvalue weighted by atomic mass is 16.5.